The summed E-state index contributed by atoms with van der Waals surface area (Å²) in [4.78, 5) is 0. The molecule has 0 atom stereocenters. The Bertz CT molecular complexity index is 386. The zero-order valence-corrected chi connectivity index (χ0v) is 12.5. The number of unbranched alkanes of at least 4 members (excludes halogenated alkanes) is 4. The van der Waals surface area contributed by atoms with Crippen molar-refractivity contribution in [1.82, 2.24) is 0 Å². The van der Waals surface area contributed by atoms with E-state index >= 15 is 0 Å². The summed E-state index contributed by atoms with van der Waals surface area (Å²) < 4.78 is 5.70. The van der Waals surface area contributed by atoms with Gasteiger partial charge >= 0.3 is 0 Å². The van der Waals surface area contributed by atoms with Crippen molar-refractivity contribution in [3.8, 4) is 17.6 Å². The van der Waals surface area contributed by atoms with Crippen molar-refractivity contribution in [2.45, 2.75) is 45.4 Å². The van der Waals surface area contributed by atoms with Gasteiger partial charge in [-0.3, -0.25) is 0 Å². The predicted molar refractivity (Wildman–Crippen MR) is 82.9 cm³/mol. The predicted octanol–water partition coefficient (Wildman–Crippen LogP) is 5.02. The van der Waals surface area contributed by atoms with Crippen LogP contribution in [0.5, 0.6) is 5.75 Å². The number of hydrogen-bond donors (Lipinski definition) is 0. The Kier molecular flexibility index (Phi) is 9.02. The summed E-state index contributed by atoms with van der Waals surface area (Å²) in [5.74, 6) is 7.61. The fourth-order valence-corrected chi connectivity index (χ4v) is 1.84. The third kappa shape index (κ3) is 7.80. The van der Waals surface area contributed by atoms with Gasteiger partial charge < -0.3 is 4.74 Å². The summed E-state index contributed by atoms with van der Waals surface area (Å²) in [6.45, 7) is 3.04. The molecule has 0 unspecified atom stereocenters. The molecular weight excluding hydrogens is 256 g/mol. The van der Waals surface area contributed by atoms with Crippen molar-refractivity contribution >= 4 is 11.6 Å². The lowest BCUT2D eigenvalue weighted by Crippen LogP contribution is -1.97. The molecule has 0 N–H and O–H groups in total. The van der Waals surface area contributed by atoms with Crippen molar-refractivity contribution < 1.29 is 4.74 Å². The molecule has 0 saturated carbocycles. The standard InChI is InChI=1S/C17H23ClO/c1-2-3-4-5-8-15-19-17-12-10-16(11-13-17)9-6-7-14-18/h10-13H,2-5,7-8,14-15H2,1H3. The van der Waals surface area contributed by atoms with Crippen LogP contribution in [-0.2, 0) is 0 Å². The van der Waals surface area contributed by atoms with E-state index in [1.54, 1.807) is 0 Å². The smallest absolute Gasteiger partial charge is 0.119 e. The monoisotopic (exact) mass is 278 g/mol. The Labute approximate surface area is 122 Å². The molecule has 0 aliphatic carbocycles. The van der Waals surface area contributed by atoms with Crippen LogP contribution in [0.2, 0.25) is 0 Å². The van der Waals surface area contributed by atoms with Crippen LogP contribution < -0.4 is 4.74 Å². The highest BCUT2D eigenvalue weighted by Crippen LogP contribution is 2.12. The quantitative estimate of drug-likeness (QED) is 0.369. The van der Waals surface area contributed by atoms with E-state index in [1.165, 1.54) is 25.7 Å². The van der Waals surface area contributed by atoms with Crippen LogP contribution in [0.1, 0.15) is 51.0 Å². The van der Waals surface area contributed by atoms with Crippen molar-refractivity contribution in [2.75, 3.05) is 12.5 Å². The van der Waals surface area contributed by atoms with E-state index in [4.69, 9.17) is 16.3 Å². The zero-order valence-electron chi connectivity index (χ0n) is 11.8. The molecule has 0 aromatic heterocycles. The number of rotatable bonds is 8. The Morgan fingerprint density at radius 1 is 1.05 bits per heavy atom. The molecule has 104 valence electrons. The van der Waals surface area contributed by atoms with Crippen LogP contribution in [0.15, 0.2) is 24.3 Å². The van der Waals surface area contributed by atoms with Gasteiger partial charge in [0, 0.05) is 17.9 Å². The average molecular weight is 279 g/mol. The molecule has 2 heteroatoms. The molecule has 0 spiro atoms. The Balaban J connectivity index is 2.23. The van der Waals surface area contributed by atoms with Gasteiger partial charge in [-0.25, -0.2) is 0 Å². The van der Waals surface area contributed by atoms with Gasteiger partial charge in [-0.15, -0.1) is 11.6 Å². The maximum absolute atomic E-state index is 5.70. The van der Waals surface area contributed by atoms with E-state index in [2.05, 4.69) is 18.8 Å². The second kappa shape index (κ2) is 10.8. The van der Waals surface area contributed by atoms with Gasteiger partial charge in [-0.2, -0.15) is 0 Å². The topological polar surface area (TPSA) is 9.23 Å². The van der Waals surface area contributed by atoms with Gasteiger partial charge in [0.2, 0.25) is 0 Å². The van der Waals surface area contributed by atoms with Gasteiger partial charge in [0.1, 0.15) is 5.75 Å². The summed E-state index contributed by atoms with van der Waals surface area (Å²) >= 11 is 5.57. The molecule has 0 fully saturated rings. The molecule has 0 radical (unpaired) electrons. The molecule has 0 aliphatic rings. The third-order valence-electron chi connectivity index (χ3n) is 2.82. The SMILES string of the molecule is CCCCCCCOc1ccc(C#CCCCl)cc1. The zero-order chi connectivity index (χ0) is 13.8. The number of hydrogen-bond acceptors (Lipinski definition) is 1. The van der Waals surface area contributed by atoms with E-state index in [1.807, 2.05) is 24.3 Å². The Hall–Kier alpha value is -1.13. The second-order valence-corrected chi connectivity index (χ2v) is 4.91. The van der Waals surface area contributed by atoms with Crippen LogP contribution in [0.4, 0.5) is 0 Å². The molecule has 19 heavy (non-hydrogen) atoms. The van der Waals surface area contributed by atoms with Gasteiger partial charge in [0.15, 0.2) is 0 Å². The first kappa shape index (κ1) is 15.9. The number of alkyl halides is 1. The lowest BCUT2D eigenvalue weighted by atomic mass is 10.2. The number of benzene rings is 1. The Morgan fingerprint density at radius 2 is 1.79 bits per heavy atom. The van der Waals surface area contributed by atoms with Crippen LogP contribution >= 0.6 is 11.6 Å². The Morgan fingerprint density at radius 3 is 2.47 bits per heavy atom. The number of ether oxygens (including phenoxy) is 1. The minimum atomic E-state index is 0.590. The first-order chi connectivity index (χ1) is 9.36. The first-order valence-corrected chi connectivity index (χ1v) is 7.68. The van der Waals surface area contributed by atoms with E-state index in [0.717, 1.165) is 30.8 Å². The second-order valence-electron chi connectivity index (χ2n) is 4.53. The molecular formula is C17H23ClO. The summed E-state index contributed by atoms with van der Waals surface area (Å²) in [7, 11) is 0. The maximum Gasteiger partial charge on any atom is 0.119 e. The van der Waals surface area contributed by atoms with Gasteiger partial charge in [0.25, 0.3) is 0 Å². The summed E-state index contributed by atoms with van der Waals surface area (Å²) in [5.41, 5.74) is 1.01. The first-order valence-electron chi connectivity index (χ1n) is 7.14. The molecule has 1 aromatic rings. The highest BCUT2D eigenvalue weighted by atomic mass is 35.5. The normalized spacial score (nSPS) is 9.79. The molecule has 0 amide bonds. The van der Waals surface area contributed by atoms with Crippen LogP contribution in [0, 0.1) is 11.8 Å². The van der Waals surface area contributed by atoms with E-state index in [0.29, 0.717) is 5.88 Å². The third-order valence-corrected chi connectivity index (χ3v) is 3.01. The minimum Gasteiger partial charge on any atom is -0.494 e. The molecule has 0 heterocycles. The fourth-order valence-electron chi connectivity index (χ4n) is 1.74. The molecule has 1 aromatic carbocycles. The minimum absolute atomic E-state index is 0.590. The highest BCUT2D eigenvalue weighted by Gasteiger charge is 1.94. The van der Waals surface area contributed by atoms with Crippen LogP contribution in [-0.4, -0.2) is 12.5 Å². The van der Waals surface area contributed by atoms with Crippen molar-refractivity contribution in [3.63, 3.8) is 0 Å². The van der Waals surface area contributed by atoms with Gasteiger partial charge in [-0.05, 0) is 30.7 Å². The van der Waals surface area contributed by atoms with Crippen molar-refractivity contribution in [3.05, 3.63) is 29.8 Å². The largest absolute Gasteiger partial charge is 0.494 e. The molecule has 1 rings (SSSR count). The molecule has 1 nitrogen and oxygen atoms in total. The lowest BCUT2D eigenvalue weighted by Gasteiger charge is -2.05. The van der Waals surface area contributed by atoms with Crippen molar-refractivity contribution in [2.24, 2.45) is 0 Å². The maximum atomic E-state index is 5.70. The van der Waals surface area contributed by atoms with Crippen LogP contribution in [0.3, 0.4) is 0 Å². The van der Waals surface area contributed by atoms with Gasteiger partial charge in [0.05, 0.1) is 6.61 Å². The average Bonchev–Trinajstić information content (AvgIpc) is 2.44. The lowest BCUT2D eigenvalue weighted by molar-refractivity contribution is 0.304. The highest BCUT2D eigenvalue weighted by molar-refractivity contribution is 6.18. The summed E-state index contributed by atoms with van der Waals surface area (Å²) in [6, 6.07) is 7.95. The molecule has 0 aliphatic heterocycles. The van der Waals surface area contributed by atoms with Gasteiger partial charge in [-0.1, -0.05) is 44.4 Å². The fraction of sp³-hybridized carbons (Fsp3) is 0.529. The van der Waals surface area contributed by atoms with Crippen LogP contribution in [0.25, 0.3) is 0 Å². The van der Waals surface area contributed by atoms with Crippen molar-refractivity contribution in [1.29, 1.82) is 0 Å². The van der Waals surface area contributed by atoms with E-state index in [-0.39, 0.29) is 0 Å². The molecule has 0 bridgehead atoms. The molecule has 0 saturated heterocycles. The van der Waals surface area contributed by atoms with E-state index < -0.39 is 0 Å². The summed E-state index contributed by atoms with van der Waals surface area (Å²) in [5, 5.41) is 0. The van der Waals surface area contributed by atoms with E-state index in [9.17, 15) is 0 Å². The number of halogens is 1. The summed E-state index contributed by atoms with van der Waals surface area (Å²) in [6.07, 6.45) is 7.06.